The fraction of sp³-hybridized carbons (Fsp3) is 1.00. The van der Waals surface area contributed by atoms with Crippen molar-refractivity contribution in [3.63, 3.8) is 0 Å². The fourth-order valence-corrected chi connectivity index (χ4v) is 1.42. The van der Waals surface area contributed by atoms with Crippen LogP contribution in [-0.2, 0) is 0 Å². The molecule has 0 unspecified atom stereocenters. The Kier molecular flexibility index (Phi) is 2.58. The number of hydrogen-bond acceptors (Lipinski definition) is 1. The topological polar surface area (TPSA) is 12.0 Å². The van der Waals surface area contributed by atoms with Gasteiger partial charge in [0.2, 0.25) is 0 Å². The van der Waals surface area contributed by atoms with Gasteiger partial charge in [0.05, 0.1) is 0 Å². The van der Waals surface area contributed by atoms with Crippen LogP contribution in [0, 0.1) is 11.8 Å². The van der Waals surface area contributed by atoms with Crippen LogP contribution >= 0.6 is 0 Å². The van der Waals surface area contributed by atoms with E-state index in [0.29, 0.717) is 5.54 Å². The molecule has 0 atom stereocenters. The molecule has 0 radical (unpaired) electrons. The minimum atomic E-state index is 0. The predicted octanol–water partition coefficient (Wildman–Crippen LogP) is 2.67. The van der Waals surface area contributed by atoms with Gasteiger partial charge in [0.15, 0.2) is 0 Å². The lowest BCUT2D eigenvalue weighted by atomic mass is 9.98. The van der Waals surface area contributed by atoms with Gasteiger partial charge in [-0.3, -0.25) is 0 Å². The molecule has 1 N–H and O–H groups in total. The normalized spacial score (nSPS) is 19.4. The van der Waals surface area contributed by atoms with Gasteiger partial charge in [0.25, 0.3) is 0 Å². The molecule has 0 saturated heterocycles. The molecule has 0 aromatic carbocycles. The van der Waals surface area contributed by atoms with Crippen molar-refractivity contribution < 1.29 is 1.43 Å². The number of hydrogen-bond donors (Lipinski definition) is 1. The van der Waals surface area contributed by atoms with Crippen LogP contribution in [0.4, 0.5) is 0 Å². The third kappa shape index (κ3) is 2.82. The van der Waals surface area contributed by atoms with Crippen molar-refractivity contribution in [2.24, 2.45) is 11.8 Å². The maximum atomic E-state index is 3.62. The minimum absolute atomic E-state index is 0. The van der Waals surface area contributed by atoms with E-state index >= 15 is 0 Å². The Morgan fingerprint density at radius 3 is 2.36 bits per heavy atom. The van der Waals surface area contributed by atoms with Crippen LogP contribution in [-0.4, -0.2) is 12.1 Å². The second kappa shape index (κ2) is 3.14. The first-order chi connectivity index (χ1) is 5.02. The second-order valence-electron chi connectivity index (χ2n) is 4.77. The summed E-state index contributed by atoms with van der Waals surface area (Å²) >= 11 is 0. The van der Waals surface area contributed by atoms with E-state index in [0.717, 1.165) is 18.4 Å². The molecule has 0 amide bonds. The van der Waals surface area contributed by atoms with Crippen molar-refractivity contribution in [2.45, 2.75) is 46.1 Å². The molecule has 0 aromatic rings. The molecule has 1 nitrogen and oxygen atoms in total. The molecule has 1 saturated carbocycles. The molecule has 11 heavy (non-hydrogen) atoms. The lowest BCUT2D eigenvalue weighted by Gasteiger charge is -2.27. The lowest BCUT2D eigenvalue weighted by Crippen LogP contribution is -2.43. The van der Waals surface area contributed by atoms with Gasteiger partial charge in [-0.25, -0.2) is 0 Å². The summed E-state index contributed by atoms with van der Waals surface area (Å²) in [6.07, 6.45) is 2.86. The van der Waals surface area contributed by atoms with Gasteiger partial charge in [-0.05, 0) is 45.1 Å². The highest BCUT2D eigenvalue weighted by Crippen LogP contribution is 2.39. The molecule has 68 valence electrons. The molecule has 1 fully saturated rings. The maximum absolute atomic E-state index is 3.62. The summed E-state index contributed by atoms with van der Waals surface area (Å²) in [5.41, 5.74) is 0.393. The summed E-state index contributed by atoms with van der Waals surface area (Å²) in [5.74, 6) is 1.72. The highest BCUT2D eigenvalue weighted by molar-refractivity contribution is 4.94. The van der Waals surface area contributed by atoms with Crippen molar-refractivity contribution >= 4 is 0 Å². The second-order valence-corrected chi connectivity index (χ2v) is 4.77. The SMILES string of the molecule is CC(C)CNC(C)(C)C1CC1.[HH]. The van der Waals surface area contributed by atoms with Gasteiger partial charge >= 0.3 is 0 Å². The third-order valence-corrected chi connectivity index (χ3v) is 2.56. The van der Waals surface area contributed by atoms with Crippen molar-refractivity contribution in [3.8, 4) is 0 Å². The van der Waals surface area contributed by atoms with Crippen LogP contribution in [0.25, 0.3) is 0 Å². The standard InChI is InChI=1S/C10H21N.H2/c1-8(2)7-11-10(3,4)9-5-6-9;/h8-9,11H,5-7H2,1-4H3;1H. The molecular formula is C10H23N. The van der Waals surface area contributed by atoms with Crippen molar-refractivity contribution in [3.05, 3.63) is 0 Å². The van der Waals surface area contributed by atoms with Crippen molar-refractivity contribution in [2.75, 3.05) is 6.54 Å². The molecule has 0 aliphatic heterocycles. The van der Waals surface area contributed by atoms with E-state index in [-0.39, 0.29) is 1.43 Å². The van der Waals surface area contributed by atoms with Crippen LogP contribution in [0.1, 0.15) is 42.0 Å². The number of nitrogens with one attached hydrogen (secondary N) is 1. The molecule has 1 rings (SSSR count). The van der Waals surface area contributed by atoms with Gasteiger partial charge in [0.1, 0.15) is 0 Å². The Labute approximate surface area is 72.1 Å². The van der Waals surface area contributed by atoms with E-state index in [1.165, 1.54) is 12.8 Å². The van der Waals surface area contributed by atoms with Gasteiger partial charge in [-0.15, -0.1) is 0 Å². The van der Waals surface area contributed by atoms with E-state index in [9.17, 15) is 0 Å². The Morgan fingerprint density at radius 1 is 1.45 bits per heavy atom. The van der Waals surface area contributed by atoms with E-state index in [1.54, 1.807) is 0 Å². The largest absolute Gasteiger partial charge is 0.311 e. The molecule has 0 heterocycles. The molecular weight excluding hydrogens is 134 g/mol. The molecule has 0 aromatic heterocycles. The van der Waals surface area contributed by atoms with Crippen molar-refractivity contribution in [1.29, 1.82) is 0 Å². The van der Waals surface area contributed by atoms with E-state index in [4.69, 9.17) is 0 Å². The smallest absolute Gasteiger partial charge is 0.0153 e. The monoisotopic (exact) mass is 157 g/mol. The Morgan fingerprint density at radius 2 is 2.00 bits per heavy atom. The molecule has 1 aliphatic rings. The summed E-state index contributed by atoms with van der Waals surface area (Å²) in [5, 5.41) is 3.62. The highest BCUT2D eigenvalue weighted by atomic mass is 15.0. The molecule has 0 bridgehead atoms. The summed E-state index contributed by atoms with van der Waals surface area (Å²) in [6, 6.07) is 0. The van der Waals surface area contributed by atoms with Gasteiger partial charge in [-0.1, -0.05) is 13.8 Å². The van der Waals surface area contributed by atoms with Gasteiger partial charge < -0.3 is 5.32 Å². The zero-order valence-electron chi connectivity index (χ0n) is 8.28. The van der Waals surface area contributed by atoms with E-state index < -0.39 is 0 Å². The lowest BCUT2D eigenvalue weighted by molar-refractivity contribution is 0.323. The average Bonchev–Trinajstić information content (AvgIpc) is 2.64. The first-order valence-corrected chi connectivity index (χ1v) is 4.77. The van der Waals surface area contributed by atoms with Crippen LogP contribution in [0.3, 0.4) is 0 Å². The van der Waals surface area contributed by atoms with Gasteiger partial charge in [-0.2, -0.15) is 0 Å². The highest BCUT2D eigenvalue weighted by Gasteiger charge is 2.36. The molecule has 1 heteroatoms. The van der Waals surface area contributed by atoms with E-state index in [1.807, 2.05) is 0 Å². The Hall–Kier alpha value is -0.0400. The molecule has 0 spiro atoms. The van der Waals surface area contributed by atoms with E-state index in [2.05, 4.69) is 33.0 Å². The van der Waals surface area contributed by atoms with Crippen molar-refractivity contribution in [1.82, 2.24) is 5.32 Å². The van der Waals surface area contributed by atoms with Crippen LogP contribution in [0.5, 0.6) is 0 Å². The van der Waals surface area contributed by atoms with Crippen LogP contribution in [0.15, 0.2) is 0 Å². The first kappa shape index (κ1) is 9.05. The zero-order valence-corrected chi connectivity index (χ0v) is 8.28. The summed E-state index contributed by atoms with van der Waals surface area (Å²) in [4.78, 5) is 0. The third-order valence-electron chi connectivity index (χ3n) is 2.56. The summed E-state index contributed by atoms with van der Waals surface area (Å²) < 4.78 is 0. The van der Waals surface area contributed by atoms with Crippen LogP contribution < -0.4 is 5.32 Å². The maximum Gasteiger partial charge on any atom is 0.0153 e. The fourth-order valence-electron chi connectivity index (χ4n) is 1.42. The quantitative estimate of drug-likeness (QED) is 0.661. The number of rotatable bonds is 4. The summed E-state index contributed by atoms with van der Waals surface area (Å²) in [6.45, 7) is 10.3. The minimum Gasteiger partial charge on any atom is -0.311 e. The first-order valence-electron chi connectivity index (χ1n) is 4.77. The summed E-state index contributed by atoms with van der Waals surface area (Å²) in [7, 11) is 0. The van der Waals surface area contributed by atoms with Gasteiger partial charge in [0, 0.05) is 6.97 Å². The Bertz CT molecular complexity index is 128. The average molecular weight is 157 g/mol. The predicted molar refractivity (Wildman–Crippen MR) is 51.8 cm³/mol. The Balaban J connectivity index is 0.00000121. The molecule has 1 aliphatic carbocycles. The zero-order chi connectivity index (χ0) is 8.48. The van der Waals surface area contributed by atoms with Crippen LogP contribution in [0.2, 0.25) is 0 Å².